The van der Waals surface area contributed by atoms with Gasteiger partial charge in [-0.15, -0.1) is 0 Å². The van der Waals surface area contributed by atoms with Crippen LogP contribution in [0.4, 0.5) is 5.69 Å². The molecule has 1 atom stereocenters. The molecule has 0 fully saturated rings. The molecular weight excluding hydrogens is 390 g/mol. The molecule has 3 aromatic carbocycles. The second kappa shape index (κ2) is 7.75. The summed E-state index contributed by atoms with van der Waals surface area (Å²) < 4.78 is 39.4. The number of fused-ring (bicyclic) bond motifs is 2. The van der Waals surface area contributed by atoms with Crippen LogP contribution in [0.15, 0.2) is 71.6 Å². The molecule has 4 rings (SSSR count). The number of benzene rings is 3. The Bertz CT molecular complexity index is 1160. The zero-order valence-corrected chi connectivity index (χ0v) is 16.8. The Balaban J connectivity index is 1.80. The van der Waals surface area contributed by atoms with Crippen LogP contribution in [0.25, 0.3) is 10.8 Å². The molecule has 0 radical (unpaired) electrons. The molecule has 0 N–H and O–H groups in total. The van der Waals surface area contributed by atoms with E-state index in [1.54, 1.807) is 49.4 Å². The molecule has 150 valence electrons. The van der Waals surface area contributed by atoms with E-state index < -0.39 is 22.0 Å². The molecule has 0 aliphatic carbocycles. The topological polar surface area (TPSA) is 72.9 Å². The summed E-state index contributed by atoms with van der Waals surface area (Å²) in [6.45, 7) is 2.03. The molecule has 1 unspecified atom stereocenters. The number of anilines is 1. The quantitative estimate of drug-likeness (QED) is 0.598. The number of para-hydroxylation sites is 2. The summed E-state index contributed by atoms with van der Waals surface area (Å²) in [5.74, 6) is 0.0103. The van der Waals surface area contributed by atoms with Crippen LogP contribution in [0.1, 0.15) is 13.3 Å². The van der Waals surface area contributed by atoms with Crippen molar-refractivity contribution in [2.45, 2.75) is 24.3 Å². The van der Waals surface area contributed by atoms with Gasteiger partial charge in [0.2, 0.25) is 0 Å². The van der Waals surface area contributed by atoms with E-state index >= 15 is 0 Å². The highest BCUT2D eigenvalue weighted by atomic mass is 32.2. The molecule has 1 aliphatic rings. The Morgan fingerprint density at radius 3 is 2.59 bits per heavy atom. The average Bonchev–Trinajstić information content (AvgIpc) is 2.73. The number of hydrogen-bond donors (Lipinski definition) is 0. The van der Waals surface area contributed by atoms with Gasteiger partial charge in [0.05, 0.1) is 29.7 Å². The number of sulfonamides is 1. The minimum Gasteiger partial charge on any atom is -0.489 e. The molecule has 0 saturated heterocycles. The first-order valence-corrected chi connectivity index (χ1v) is 10.9. The molecular formula is C22H21NO5S. The predicted octanol–water partition coefficient (Wildman–Crippen LogP) is 3.75. The summed E-state index contributed by atoms with van der Waals surface area (Å²) in [6.07, 6.45) is -0.0883. The summed E-state index contributed by atoms with van der Waals surface area (Å²) in [5, 5.41) is 1.79. The van der Waals surface area contributed by atoms with Crippen LogP contribution >= 0.6 is 0 Å². The lowest BCUT2D eigenvalue weighted by atomic mass is 10.1. The molecule has 0 amide bonds. The maximum absolute atomic E-state index is 13.7. The van der Waals surface area contributed by atoms with E-state index in [-0.39, 0.29) is 24.5 Å². The molecule has 1 heterocycles. The van der Waals surface area contributed by atoms with E-state index in [9.17, 15) is 13.2 Å². The molecule has 0 aromatic heterocycles. The molecule has 0 spiro atoms. The highest BCUT2D eigenvalue weighted by Gasteiger charge is 2.38. The average molecular weight is 411 g/mol. The second-order valence-electron chi connectivity index (χ2n) is 6.75. The van der Waals surface area contributed by atoms with Gasteiger partial charge < -0.3 is 9.47 Å². The monoisotopic (exact) mass is 411 g/mol. The standard InChI is InChI=1S/C22H21NO5S/c1-2-27-22(24)14-18-15-28-21-10-6-5-9-20(21)23(18)29(25,26)19-12-11-16-7-3-4-8-17(16)13-19/h3-13,18H,2,14-15H2,1H3. The van der Waals surface area contributed by atoms with Crippen LogP contribution in [0.2, 0.25) is 0 Å². The normalized spacial score (nSPS) is 16.2. The van der Waals surface area contributed by atoms with E-state index in [4.69, 9.17) is 9.47 Å². The van der Waals surface area contributed by atoms with Gasteiger partial charge in [0, 0.05) is 0 Å². The fourth-order valence-corrected chi connectivity index (χ4v) is 5.21. The van der Waals surface area contributed by atoms with E-state index in [0.29, 0.717) is 11.4 Å². The zero-order chi connectivity index (χ0) is 20.4. The predicted molar refractivity (Wildman–Crippen MR) is 111 cm³/mol. The van der Waals surface area contributed by atoms with Gasteiger partial charge in [0.25, 0.3) is 10.0 Å². The van der Waals surface area contributed by atoms with Crippen molar-refractivity contribution in [3.8, 4) is 5.75 Å². The van der Waals surface area contributed by atoms with Crippen molar-refractivity contribution in [1.82, 2.24) is 0 Å². The van der Waals surface area contributed by atoms with Gasteiger partial charge in [-0.1, -0.05) is 42.5 Å². The first-order chi connectivity index (χ1) is 14.0. The van der Waals surface area contributed by atoms with Gasteiger partial charge in [-0.05, 0) is 42.0 Å². The lowest BCUT2D eigenvalue weighted by molar-refractivity contribution is -0.143. The minimum atomic E-state index is -3.93. The number of rotatable bonds is 5. The lowest BCUT2D eigenvalue weighted by Gasteiger charge is -2.37. The van der Waals surface area contributed by atoms with Crippen molar-refractivity contribution in [2.75, 3.05) is 17.5 Å². The van der Waals surface area contributed by atoms with Crippen LogP contribution in [0.3, 0.4) is 0 Å². The minimum absolute atomic E-state index is 0.0721. The Hall–Kier alpha value is -3.06. The maximum atomic E-state index is 13.7. The Morgan fingerprint density at radius 1 is 1.07 bits per heavy atom. The number of carbonyl (C=O) groups excluding carboxylic acids is 1. The number of carbonyl (C=O) groups is 1. The summed E-state index contributed by atoms with van der Waals surface area (Å²) >= 11 is 0. The van der Waals surface area contributed by atoms with Crippen LogP contribution in [-0.2, 0) is 19.6 Å². The van der Waals surface area contributed by atoms with Crippen LogP contribution < -0.4 is 9.04 Å². The maximum Gasteiger partial charge on any atom is 0.308 e. The van der Waals surface area contributed by atoms with Gasteiger partial charge in [0.15, 0.2) is 0 Å². The first-order valence-electron chi connectivity index (χ1n) is 9.41. The van der Waals surface area contributed by atoms with E-state index in [0.717, 1.165) is 10.8 Å². The van der Waals surface area contributed by atoms with E-state index in [1.807, 2.05) is 24.3 Å². The number of hydrogen-bond acceptors (Lipinski definition) is 5. The zero-order valence-electron chi connectivity index (χ0n) is 15.9. The summed E-state index contributed by atoms with van der Waals surface area (Å²) in [4.78, 5) is 12.3. The number of nitrogens with zero attached hydrogens (tertiary/aromatic N) is 1. The van der Waals surface area contributed by atoms with Crippen molar-refractivity contribution in [1.29, 1.82) is 0 Å². The van der Waals surface area contributed by atoms with Gasteiger partial charge in [-0.3, -0.25) is 9.10 Å². The van der Waals surface area contributed by atoms with Crippen molar-refractivity contribution < 1.29 is 22.7 Å². The molecule has 6 nitrogen and oxygen atoms in total. The van der Waals surface area contributed by atoms with Crippen LogP contribution in [-0.4, -0.2) is 33.6 Å². The molecule has 0 saturated carbocycles. The van der Waals surface area contributed by atoms with Gasteiger partial charge in [-0.25, -0.2) is 8.42 Å². The van der Waals surface area contributed by atoms with Crippen molar-refractivity contribution >= 4 is 32.5 Å². The largest absolute Gasteiger partial charge is 0.489 e. The Morgan fingerprint density at radius 2 is 1.79 bits per heavy atom. The third-order valence-corrected chi connectivity index (χ3v) is 6.71. The van der Waals surface area contributed by atoms with Crippen LogP contribution in [0, 0.1) is 0 Å². The lowest BCUT2D eigenvalue weighted by Crippen LogP contribution is -2.47. The molecule has 3 aromatic rings. The van der Waals surface area contributed by atoms with Gasteiger partial charge >= 0.3 is 5.97 Å². The fourth-order valence-electron chi connectivity index (χ4n) is 3.53. The SMILES string of the molecule is CCOC(=O)CC1COc2ccccc2N1S(=O)(=O)c1ccc2ccccc2c1. The number of esters is 1. The summed E-state index contributed by atoms with van der Waals surface area (Å²) in [5.41, 5.74) is 0.418. The van der Waals surface area contributed by atoms with Crippen molar-refractivity contribution in [2.24, 2.45) is 0 Å². The van der Waals surface area contributed by atoms with E-state index in [1.165, 1.54) is 4.31 Å². The first kappa shape index (κ1) is 19.3. The fraction of sp³-hybridized carbons (Fsp3) is 0.227. The Kier molecular flexibility index (Phi) is 5.15. The Labute approximate surface area is 169 Å². The third kappa shape index (κ3) is 3.65. The highest BCUT2D eigenvalue weighted by molar-refractivity contribution is 7.92. The van der Waals surface area contributed by atoms with E-state index in [2.05, 4.69) is 0 Å². The number of ether oxygens (including phenoxy) is 2. The van der Waals surface area contributed by atoms with Crippen molar-refractivity contribution in [3.05, 3.63) is 66.7 Å². The highest BCUT2D eigenvalue weighted by Crippen LogP contribution is 2.38. The molecule has 0 bridgehead atoms. The second-order valence-corrected chi connectivity index (χ2v) is 8.57. The van der Waals surface area contributed by atoms with Gasteiger partial charge in [-0.2, -0.15) is 0 Å². The summed E-state index contributed by atoms with van der Waals surface area (Å²) in [7, 11) is -3.93. The summed E-state index contributed by atoms with van der Waals surface area (Å²) in [6, 6.07) is 18.9. The third-order valence-electron chi connectivity index (χ3n) is 4.85. The smallest absolute Gasteiger partial charge is 0.308 e. The van der Waals surface area contributed by atoms with Crippen molar-refractivity contribution in [3.63, 3.8) is 0 Å². The van der Waals surface area contributed by atoms with Crippen LogP contribution in [0.5, 0.6) is 5.75 Å². The molecule has 29 heavy (non-hydrogen) atoms. The van der Waals surface area contributed by atoms with Gasteiger partial charge in [0.1, 0.15) is 12.4 Å². The molecule has 1 aliphatic heterocycles. The molecule has 7 heteroatoms.